The number of esters is 1. The molecular formula is C19H36BrNO3. The van der Waals surface area contributed by atoms with Crippen LogP contribution in [0.4, 0.5) is 0 Å². The number of carbonyl (C=O) groups excluding carboxylic acids is 1. The second kappa shape index (κ2) is 12.7. The quantitative estimate of drug-likeness (QED) is 0.435. The van der Waals surface area contributed by atoms with Gasteiger partial charge in [0.1, 0.15) is 6.10 Å². The molecule has 1 N–H and O–H groups in total. The first-order valence-electron chi connectivity index (χ1n) is 8.48. The summed E-state index contributed by atoms with van der Waals surface area (Å²) in [5, 5.41) is 10.4. The standard InChI is InChI=1S/C19H35NO3.BrH/c1-8-19(22,14-20(6)7)18(21)23-17(5)13-12-16(4)11-9-10-15(2)3;/h10,12,17,22H,8-9,11,13-14H2,1-7H3;1H/b16-12+;. The summed E-state index contributed by atoms with van der Waals surface area (Å²) in [6.07, 6.45) is 7.18. The van der Waals surface area contributed by atoms with Gasteiger partial charge in [0.15, 0.2) is 5.60 Å². The van der Waals surface area contributed by atoms with E-state index in [4.69, 9.17) is 4.74 Å². The van der Waals surface area contributed by atoms with Crippen molar-refractivity contribution >= 4 is 23.0 Å². The lowest BCUT2D eigenvalue weighted by Gasteiger charge is -2.29. The summed E-state index contributed by atoms with van der Waals surface area (Å²) in [6.45, 7) is 10.2. The normalized spacial score (nSPS) is 15.3. The molecule has 0 rings (SSSR count). The Bertz CT molecular complexity index is 428. The Balaban J connectivity index is 0. The number of rotatable bonds is 10. The first-order chi connectivity index (χ1) is 10.6. The minimum absolute atomic E-state index is 0. The maximum Gasteiger partial charge on any atom is 0.339 e. The van der Waals surface area contributed by atoms with Gasteiger partial charge in [0, 0.05) is 13.0 Å². The minimum atomic E-state index is -1.43. The smallest absolute Gasteiger partial charge is 0.339 e. The molecule has 24 heavy (non-hydrogen) atoms. The predicted octanol–water partition coefficient (Wildman–Crippen LogP) is 4.28. The van der Waals surface area contributed by atoms with E-state index < -0.39 is 11.6 Å². The Morgan fingerprint density at radius 2 is 1.83 bits per heavy atom. The summed E-state index contributed by atoms with van der Waals surface area (Å²) in [6, 6.07) is 0. The summed E-state index contributed by atoms with van der Waals surface area (Å²) in [7, 11) is 3.66. The van der Waals surface area contributed by atoms with E-state index in [1.54, 1.807) is 11.8 Å². The number of aliphatic hydroxyl groups is 1. The van der Waals surface area contributed by atoms with Crippen molar-refractivity contribution in [3.05, 3.63) is 23.3 Å². The fraction of sp³-hybridized carbons (Fsp3) is 0.737. The molecule has 0 saturated carbocycles. The number of hydrogen-bond acceptors (Lipinski definition) is 4. The molecule has 0 saturated heterocycles. The molecule has 2 atom stereocenters. The van der Waals surface area contributed by atoms with Gasteiger partial charge >= 0.3 is 5.97 Å². The fourth-order valence-electron chi connectivity index (χ4n) is 2.24. The van der Waals surface area contributed by atoms with E-state index in [1.165, 1.54) is 11.1 Å². The zero-order valence-electron chi connectivity index (χ0n) is 16.4. The second-order valence-corrected chi connectivity index (χ2v) is 6.95. The van der Waals surface area contributed by atoms with Crippen LogP contribution in [-0.4, -0.2) is 48.3 Å². The molecule has 0 radical (unpaired) electrons. The third-order valence-electron chi connectivity index (χ3n) is 3.74. The summed E-state index contributed by atoms with van der Waals surface area (Å²) in [5.74, 6) is -0.531. The molecule has 0 amide bonds. The van der Waals surface area contributed by atoms with Gasteiger partial charge in [-0.15, -0.1) is 17.0 Å². The van der Waals surface area contributed by atoms with Crippen LogP contribution in [0.3, 0.4) is 0 Å². The molecule has 0 spiro atoms. The highest BCUT2D eigenvalue weighted by Gasteiger charge is 2.37. The molecule has 2 unspecified atom stereocenters. The number of ether oxygens (including phenoxy) is 1. The second-order valence-electron chi connectivity index (χ2n) is 6.95. The molecule has 0 aliphatic heterocycles. The lowest BCUT2D eigenvalue weighted by Crippen LogP contribution is -2.48. The highest BCUT2D eigenvalue weighted by molar-refractivity contribution is 8.93. The zero-order valence-corrected chi connectivity index (χ0v) is 18.1. The van der Waals surface area contributed by atoms with E-state index in [1.807, 2.05) is 21.0 Å². The SMILES string of the molecule is Br.CCC(O)(CN(C)C)C(=O)OC(C)C/C=C(\C)CCC=C(C)C. The maximum atomic E-state index is 12.2. The van der Waals surface area contributed by atoms with E-state index in [-0.39, 0.29) is 29.6 Å². The largest absolute Gasteiger partial charge is 0.460 e. The molecule has 0 aromatic rings. The van der Waals surface area contributed by atoms with E-state index in [2.05, 4.69) is 32.9 Å². The third-order valence-corrected chi connectivity index (χ3v) is 3.74. The topological polar surface area (TPSA) is 49.8 Å². The van der Waals surface area contributed by atoms with Gasteiger partial charge in [0.2, 0.25) is 0 Å². The average Bonchev–Trinajstić information content (AvgIpc) is 2.43. The van der Waals surface area contributed by atoms with Crippen LogP contribution in [0.1, 0.15) is 60.3 Å². The number of likely N-dealkylation sites (N-methyl/N-ethyl adjacent to an activating group) is 1. The van der Waals surface area contributed by atoms with Gasteiger partial charge in [0.05, 0.1) is 0 Å². The molecule has 5 heteroatoms. The molecule has 0 aliphatic rings. The summed E-state index contributed by atoms with van der Waals surface area (Å²) in [4.78, 5) is 14.0. The lowest BCUT2D eigenvalue weighted by molar-refractivity contribution is -0.172. The molecule has 4 nitrogen and oxygen atoms in total. The number of halogens is 1. The molecular weight excluding hydrogens is 370 g/mol. The first kappa shape index (κ1) is 25.6. The van der Waals surface area contributed by atoms with Gasteiger partial charge < -0.3 is 14.7 Å². The first-order valence-corrected chi connectivity index (χ1v) is 8.48. The Kier molecular flexibility index (Phi) is 13.5. The molecule has 0 heterocycles. The highest BCUT2D eigenvalue weighted by atomic mass is 79.9. The van der Waals surface area contributed by atoms with Gasteiger partial charge in [-0.1, -0.05) is 30.2 Å². The monoisotopic (exact) mass is 405 g/mol. The molecule has 0 aromatic heterocycles. The van der Waals surface area contributed by atoms with Crippen molar-refractivity contribution in [2.75, 3.05) is 20.6 Å². The molecule has 0 fully saturated rings. The average molecular weight is 406 g/mol. The fourth-order valence-corrected chi connectivity index (χ4v) is 2.24. The Morgan fingerprint density at radius 1 is 1.25 bits per heavy atom. The predicted molar refractivity (Wildman–Crippen MR) is 107 cm³/mol. The van der Waals surface area contributed by atoms with Crippen LogP contribution in [0, 0.1) is 0 Å². The summed E-state index contributed by atoms with van der Waals surface area (Å²) in [5.41, 5.74) is 1.20. The van der Waals surface area contributed by atoms with Crippen LogP contribution in [0.15, 0.2) is 23.3 Å². The zero-order chi connectivity index (χ0) is 18.0. The summed E-state index contributed by atoms with van der Waals surface area (Å²) >= 11 is 0. The van der Waals surface area contributed by atoms with Crippen LogP contribution in [0.2, 0.25) is 0 Å². The van der Waals surface area contributed by atoms with Gasteiger partial charge in [0.25, 0.3) is 0 Å². The van der Waals surface area contributed by atoms with Crippen molar-refractivity contribution in [2.24, 2.45) is 0 Å². The van der Waals surface area contributed by atoms with E-state index in [0.717, 1.165) is 12.8 Å². The van der Waals surface area contributed by atoms with Crippen molar-refractivity contribution in [1.29, 1.82) is 0 Å². The minimum Gasteiger partial charge on any atom is -0.460 e. The number of nitrogens with zero attached hydrogens (tertiary/aromatic N) is 1. The van der Waals surface area contributed by atoms with Gasteiger partial charge in [-0.05, 0) is 61.1 Å². The van der Waals surface area contributed by atoms with Crippen molar-refractivity contribution < 1.29 is 14.6 Å². The molecule has 0 aliphatic carbocycles. The molecule has 0 bridgehead atoms. The van der Waals surface area contributed by atoms with Crippen LogP contribution < -0.4 is 0 Å². The Labute approximate surface area is 158 Å². The maximum absolute atomic E-state index is 12.2. The van der Waals surface area contributed by atoms with Crippen molar-refractivity contribution in [1.82, 2.24) is 4.90 Å². The Hall–Kier alpha value is -0.650. The number of carbonyl (C=O) groups is 1. The van der Waals surface area contributed by atoms with E-state index in [0.29, 0.717) is 12.8 Å². The van der Waals surface area contributed by atoms with Gasteiger partial charge in [-0.25, -0.2) is 4.79 Å². The molecule has 0 aromatic carbocycles. The van der Waals surface area contributed by atoms with Gasteiger partial charge in [-0.3, -0.25) is 0 Å². The third kappa shape index (κ3) is 11.0. The lowest BCUT2D eigenvalue weighted by atomic mass is 10.0. The number of hydrogen-bond donors (Lipinski definition) is 1. The van der Waals surface area contributed by atoms with E-state index in [9.17, 15) is 9.90 Å². The van der Waals surface area contributed by atoms with Crippen molar-refractivity contribution in [2.45, 2.75) is 72.0 Å². The Morgan fingerprint density at radius 3 is 2.29 bits per heavy atom. The van der Waals surface area contributed by atoms with Crippen molar-refractivity contribution in [3.8, 4) is 0 Å². The number of allylic oxidation sites excluding steroid dienone is 3. The molecule has 142 valence electrons. The summed E-state index contributed by atoms with van der Waals surface area (Å²) < 4.78 is 5.43. The van der Waals surface area contributed by atoms with Crippen molar-refractivity contribution in [3.63, 3.8) is 0 Å². The highest BCUT2D eigenvalue weighted by Crippen LogP contribution is 2.16. The van der Waals surface area contributed by atoms with E-state index >= 15 is 0 Å². The van der Waals surface area contributed by atoms with Crippen LogP contribution >= 0.6 is 17.0 Å². The van der Waals surface area contributed by atoms with Gasteiger partial charge in [-0.2, -0.15) is 0 Å². The van der Waals surface area contributed by atoms with Crippen LogP contribution in [0.25, 0.3) is 0 Å². The van der Waals surface area contributed by atoms with Crippen LogP contribution in [-0.2, 0) is 9.53 Å². The van der Waals surface area contributed by atoms with Crippen LogP contribution in [0.5, 0.6) is 0 Å².